The molecule has 2 aromatic rings. The Kier molecular flexibility index (Phi) is 6.83. The van der Waals surface area contributed by atoms with Gasteiger partial charge in [0.2, 0.25) is 6.79 Å². The van der Waals surface area contributed by atoms with Gasteiger partial charge in [-0.1, -0.05) is 6.07 Å². The lowest BCUT2D eigenvalue weighted by Crippen LogP contribution is -2.29. The number of alkyl halides is 3. The third kappa shape index (κ3) is 5.63. The molecule has 164 valence electrons. The number of aliphatic carboxylic acids is 1. The molecule has 0 aliphatic carbocycles. The Hall–Kier alpha value is -2.79. The van der Waals surface area contributed by atoms with Crippen LogP contribution in [0.5, 0.6) is 11.5 Å². The average molecular weight is 429 g/mol. The molecule has 3 heterocycles. The van der Waals surface area contributed by atoms with E-state index in [1.54, 1.807) is 7.11 Å². The molecule has 0 fully saturated rings. The summed E-state index contributed by atoms with van der Waals surface area (Å²) in [5, 5.41) is 7.12. The summed E-state index contributed by atoms with van der Waals surface area (Å²) in [5.41, 5.74) is 2.49. The molecule has 1 N–H and O–H groups in total. The van der Waals surface area contributed by atoms with Crippen molar-refractivity contribution in [2.24, 2.45) is 5.92 Å². The van der Waals surface area contributed by atoms with Crippen LogP contribution in [0, 0.1) is 5.92 Å². The van der Waals surface area contributed by atoms with Crippen molar-refractivity contribution in [2.75, 3.05) is 27.1 Å². The van der Waals surface area contributed by atoms with Crippen LogP contribution in [0.15, 0.2) is 30.7 Å². The molecule has 1 unspecified atom stereocenters. The first-order valence-corrected chi connectivity index (χ1v) is 9.15. The SMILES string of the molecule is COCC1CN(Cc2ccc3c(c2)OCO3)Cc2cncn2C1.O=C(O)C(F)(F)F. The molecule has 0 radical (unpaired) electrons. The average Bonchev–Trinajstić information content (AvgIpc) is 3.27. The zero-order chi connectivity index (χ0) is 21.7. The van der Waals surface area contributed by atoms with Gasteiger partial charge in [0.1, 0.15) is 0 Å². The van der Waals surface area contributed by atoms with Crippen molar-refractivity contribution in [2.45, 2.75) is 25.8 Å². The highest BCUT2D eigenvalue weighted by atomic mass is 19.4. The number of imidazole rings is 1. The Morgan fingerprint density at radius 3 is 2.73 bits per heavy atom. The Morgan fingerprint density at radius 1 is 1.30 bits per heavy atom. The molecule has 0 spiro atoms. The molecule has 0 amide bonds. The van der Waals surface area contributed by atoms with Gasteiger partial charge in [-0.15, -0.1) is 0 Å². The van der Waals surface area contributed by atoms with Gasteiger partial charge in [-0.25, -0.2) is 9.78 Å². The molecular weight excluding hydrogens is 407 g/mol. The van der Waals surface area contributed by atoms with Gasteiger partial charge in [0.05, 0.1) is 18.6 Å². The predicted molar refractivity (Wildman–Crippen MR) is 98.0 cm³/mol. The Bertz CT molecular complexity index is 871. The molecule has 0 saturated heterocycles. The van der Waals surface area contributed by atoms with E-state index in [0.29, 0.717) is 12.7 Å². The van der Waals surface area contributed by atoms with E-state index in [1.165, 1.54) is 11.3 Å². The summed E-state index contributed by atoms with van der Waals surface area (Å²) in [4.78, 5) is 15.6. The number of rotatable bonds is 4. The van der Waals surface area contributed by atoms with Crippen molar-refractivity contribution in [3.05, 3.63) is 42.0 Å². The molecule has 1 aromatic carbocycles. The van der Waals surface area contributed by atoms with Crippen LogP contribution >= 0.6 is 0 Å². The van der Waals surface area contributed by atoms with E-state index in [4.69, 9.17) is 24.1 Å². The van der Waals surface area contributed by atoms with Crippen LogP contribution in [0.1, 0.15) is 11.3 Å². The van der Waals surface area contributed by atoms with E-state index in [2.05, 4.69) is 26.6 Å². The van der Waals surface area contributed by atoms with E-state index in [9.17, 15) is 13.2 Å². The van der Waals surface area contributed by atoms with Gasteiger partial charge < -0.3 is 23.9 Å². The summed E-state index contributed by atoms with van der Waals surface area (Å²) in [6.45, 7) is 4.81. The fourth-order valence-electron chi connectivity index (χ4n) is 3.40. The predicted octanol–water partition coefficient (Wildman–Crippen LogP) is 2.52. The lowest BCUT2D eigenvalue weighted by atomic mass is 10.1. The van der Waals surface area contributed by atoms with Crippen LogP contribution in [-0.2, 0) is 29.2 Å². The number of hydrogen-bond acceptors (Lipinski definition) is 6. The zero-order valence-electron chi connectivity index (χ0n) is 16.3. The van der Waals surface area contributed by atoms with Crippen LogP contribution < -0.4 is 9.47 Å². The van der Waals surface area contributed by atoms with Gasteiger partial charge in [0.25, 0.3) is 0 Å². The third-order valence-electron chi connectivity index (χ3n) is 4.64. The van der Waals surface area contributed by atoms with E-state index in [1.807, 2.05) is 18.6 Å². The van der Waals surface area contributed by atoms with Crippen molar-refractivity contribution in [3.63, 3.8) is 0 Å². The van der Waals surface area contributed by atoms with Crippen LogP contribution in [-0.4, -0.2) is 58.8 Å². The highest BCUT2D eigenvalue weighted by Crippen LogP contribution is 2.33. The third-order valence-corrected chi connectivity index (χ3v) is 4.64. The smallest absolute Gasteiger partial charge is 0.475 e. The Balaban J connectivity index is 0.000000318. The summed E-state index contributed by atoms with van der Waals surface area (Å²) < 4.78 is 50.2. The summed E-state index contributed by atoms with van der Waals surface area (Å²) in [6.07, 6.45) is -1.20. The fourth-order valence-corrected chi connectivity index (χ4v) is 3.40. The van der Waals surface area contributed by atoms with Gasteiger partial charge in [-0.3, -0.25) is 4.90 Å². The largest absolute Gasteiger partial charge is 0.490 e. The van der Waals surface area contributed by atoms with Crippen molar-refractivity contribution in [3.8, 4) is 11.5 Å². The molecule has 8 nitrogen and oxygen atoms in total. The number of ether oxygens (including phenoxy) is 3. The maximum atomic E-state index is 10.6. The van der Waals surface area contributed by atoms with Crippen molar-refractivity contribution in [1.29, 1.82) is 0 Å². The molecule has 2 aliphatic rings. The first kappa shape index (κ1) is 21.9. The second kappa shape index (κ2) is 9.35. The number of hydrogen-bond donors (Lipinski definition) is 1. The maximum absolute atomic E-state index is 10.6. The van der Waals surface area contributed by atoms with Gasteiger partial charge in [-0.05, 0) is 17.7 Å². The van der Waals surface area contributed by atoms with E-state index in [0.717, 1.165) is 44.3 Å². The Morgan fingerprint density at radius 2 is 2.03 bits per heavy atom. The Labute approximate surface area is 170 Å². The number of benzene rings is 1. The molecule has 1 atom stereocenters. The summed E-state index contributed by atoms with van der Waals surface area (Å²) in [5.74, 6) is -0.618. The summed E-state index contributed by atoms with van der Waals surface area (Å²) in [6, 6.07) is 6.18. The number of carboxylic acid groups (broad SMARTS) is 1. The number of methoxy groups -OCH3 is 1. The molecule has 2 aliphatic heterocycles. The number of nitrogens with zero attached hydrogens (tertiary/aromatic N) is 3. The number of fused-ring (bicyclic) bond motifs is 2. The minimum atomic E-state index is -5.08. The zero-order valence-corrected chi connectivity index (χ0v) is 16.3. The van der Waals surface area contributed by atoms with Crippen LogP contribution in [0.25, 0.3) is 0 Å². The van der Waals surface area contributed by atoms with Gasteiger partial charge in [0, 0.05) is 45.4 Å². The monoisotopic (exact) mass is 429 g/mol. The van der Waals surface area contributed by atoms with Crippen LogP contribution in [0.4, 0.5) is 13.2 Å². The summed E-state index contributed by atoms with van der Waals surface area (Å²) >= 11 is 0. The minimum Gasteiger partial charge on any atom is -0.475 e. The van der Waals surface area contributed by atoms with E-state index >= 15 is 0 Å². The highest BCUT2D eigenvalue weighted by Gasteiger charge is 2.38. The van der Waals surface area contributed by atoms with Gasteiger partial charge in [0.15, 0.2) is 11.5 Å². The van der Waals surface area contributed by atoms with Crippen molar-refractivity contribution in [1.82, 2.24) is 14.5 Å². The molecular formula is C19H22F3N3O5. The standard InChI is InChI=1S/C17H21N3O3.C2HF3O2/c1-21-10-14-7-19(9-15-5-18-11-20(15)8-14)6-13-2-3-16-17(4-13)23-12-22-16;3-2(4,5)1(6)7/h2-5,11,14H,6-10,12H2,1H3;(H,6,7). The topological polar surface area (TPSA) is 86.1 Å². The molecule has 1 aromatic heterocycles. The first-order valence-electron chi connectivity index (χ1n) is 9.15. The lowest BCUT2D eigenvalue weighted by Gasteiger charge is -2.23. The van der Waals surface area contributed by atoms with Gasteiger partial charge >= 0.3 is 12.1 Å². The lowest BCUT2D eigenvalue weighted by molar-refractivity contribution is -0.192. The molecule has 0 bridgehead atoms. The molecule has 0 saturated carbocycles. The fraction of sp³-hybridized carbons (Fsp3) is 0.474. The second-order valence-electron chi connectivity index (χ2n) is 7.02. The van der Waals surface area contributed by atoms with E-state index < -0.39 is 12.1 Å². The normalized spacial score (nSPS) is 18.2. The molecule has 30 heavy (non-hydrogen) atoms. The van der Waals surface area contributed by atoms with Crippen molar-refractivity contribution < 1.29 is 37.3 Å². The highest BCUT2D eigenvalue weighted by molar-refractivity contribution is 5.73. The van der Waals surface area contributed by atoms with Crippen LogP contribution in [0.3, 0.4) is 0 Å². The number of aromatic nitrogens is 2. The second-order valence-corrected chi connectivity index (χ2v) is 7.02. The minimum absolute atomic E-state index is 0.317. The van der Waals surface area contributed by atoms with Gasteiger partial charge in [-0.2, -0.15) is 13.2 Å². The van der Waals surface area contributed by atoms with Crippen LogP contribution in [0.2, 0.25) is 0 Å². The number of carboxylic acids is 1. The molecule has 11 heteroatoms. The summed E-state index contributed by atoms with van der Waals surface area (Å²) in [7, 11) is 1.77. The number of halogens is 3. The maximum Gasteiger partial charge on any atom is 0.490 e. The first-order chi connectivity index (χ1) is 14.3. The quantitative estimate of drug-likeness (QED) is 0.799. The molecule has 4 rings (SSSR count). The van der Waals surface area contributed by atoms with Crippen molar-refractivity contribution >= 4 is 5.97 Å². The van der Waals surface area contributed by atoms with E-state index in [-0.39, 0.29) is 0 Å². The number of carbonyl (C=O) groups is 1.